The Balaban J connectivity index is 1.58. The molecule has 1 aliphatic heterocycles. The first kappa shape index (κ1) is 28.1. The predicted molar refractivity (Wildman–Crippen MR) is 147 cm³/mol. The van der Waals surface area contributed by atoms with E-state index >= 15 is 8.78 Å². The van der Waals surface area contributed by atoms with Crippen molar-refractivity contribution in [3.8, 4) is 0 Å². The molecule has 3 amide bonds. The van der Waals surface area contributed by atoms with Crippen molar-refractivity contribution in [2.45, 2.75) is 25.8 Å². The second kappa shape index (κ2) is 12.3. The Hall–Kier alpha value is -4.93. The van der Waals surface area contributed by atoms with E-state index in [1.165, 1.54) is 49.3 Å². The van der Waals surface area contributed by atoms with Crippen LogP contribution in [0.4, 0.5) is 20.2 Å². The lowest BCUT2D eigenvalue weighted by Gasteiger charge is -2.23. The molecule has 0 fully saturated rings. The molecule has 0 aliphatic carbocycles. The molecule has 0 saturated carbocycles. The number of alkyl halides is 2. The van der Waals surface area contributed by atoms with Gasteiger partial charge in [0.25, 0.3) is 17.7 Å². The van der Waals surface area contributed by atoms with Gasteiger partial charge in [-0.25, -0.2) is 8.78 Å². The molecule has 11 heteroatoms. The van der Waals surface area contributed by atoms with Crippen LogP contribution in [0.2, 0.25) is 0 Å². The van der Waals surface area contributed by atoms with Gasteiger partial charge in [0, 0.05) is 60.4 Å². The Bertz CT molecular complexity index is 1460. The molecule has 0 spiro atoms. The van der Waals surface area contributed by atoms with Gasteiger partial charge in [-0.3, -0.25) is 19.4 Å². The summed E-state index contributed by atoms with van der Waals surface area (Å²) < 4.78 is 30.8. The smallest absolute Gasteiger partial charge is 0.275 e. The minimum atomic E-state index is -3.37. The van der Waals surface area contributed by atoms with E-state index in [0.717, 1.165) is 11.6 Å². The quantitative estimate of drug-likeness (QED) is 0.258. The van der Waals surface area contributed by atoms with Gasteiger partial charge in [-0.15, -0.1) is 0 Å². The molecule has 40 heavy (non-hydrogen) atoms. The number of hydrogen-bond donors (Lipinski definition) is 2. The molecule has 0 radical (unpaired) electrons. The van der Waals surface area contributed by atoms with Crippen LogP contribution in [0.3, 0.4) is 0 Å². The first-order chi connectivity index (χ1) is 19.2. The van der Waals surface area contributed by atoms with Crippen molar-refractivity contribution in [2.75, 3.05) is 23.9 Å². The summed E-state index contributed by atoms with van der Waals surface area (Å²) in [6.07, 6.45) is 3.39. The van der Waals surface area contributed by atoms with Crippen molar-refractivity contribution < 1.29 is 28.0 Å². The Morgan fingerprint density at radius 1 is 1.10 bits per heavy atom. The molecular weight excluding hydrogens is 520 g/mol. The molecule has 9 nitrogen and oxygen atoms in total. The minimum Gasteiger partial charge on any atom is -0.399 e. The fourth-order valence-corrected chi connectivity index (χ4v) is 4.16. The lowest BCUT2D eigenvalue weighted by atomic mass is 9.97. The van der Waals surface area contributed by atoms with Crippen LogP contribution in [-0.2, 0) is 21.0 Å². The molecule has 4 rings (SSSR count). The van der Waals surface area contributed by atoms with Crippen molar-refractivity contribution in [1.29, 1.82) is 0 Å². The second-order valence-corrected chi connectivity index (χ2v) is 8.96. The molecule has 0 unspecified atom stereocenters. The molecule has 206 valence electrons. The monoisotopic (exact) mass is 547 g/mol. The van der Waals surface area contributed by atoms with E-state index < -0.39 is 35.6 Å². The van der Waals surface area contributed by atoms with Gasteiger partial charge in [-0.1, -0.05) is 29.4 Å². The van der Waals surface area contributed by atoms with Gasteiger partial charge in [0.1, 0.15) is 12.8 Å². The lowest BCUT2D eigenvalue weighted by molar-refractivity contribution is -0.116. The van der Waals surface area contributed by atoms with Crippen molar-refractivity contribution in [2.24, 2.45) is 5.16 Å². The summed E-state index contributed by atoms with van der Waals surface area (Å²) >= 11 is 0. The summed E-state index contributed by atoms with van der Waals surface area (Å²) in [6.45, 7) is 1.34. The SMILES string of the molecule is CON=C(C)C(=O)Nc1ccc(C(=O)N2CCC(F)(F)/C(=C\C(=O)NCc3cccnc3)c3ccccc32)cc1. The van der Waals surface area contributed by atoms with E-state index in [1.54, 1.807) is 42.7 Å². The van der Waals surface area contributed by atoms with Crippen LogP contribution in [-0.4, -0.2) is 48.0 Å². The summed E-state index contributed by atoms with van der Waals surface area (Å²) in [5.41, 5.74) is 1.37. The van der Waals surface area contributed by atoms with Gasteiger partial charge >= 0.3 is 0 Å². The number of nitrogens with zero attached hydrogens (tertiary/aromatic N) is 3. The summed E-state index contributed by atoms with van der Waals surface area (Å²) in [5.74, 6) is -5.03. The van der Waals surface area contributed by atoms with Gasteiger partial charge in [-0.2, -0.15) is 0 Å². The van der Waals surface area contributed by atoms with Crippen LogP contribution in [0.1, 0.15) is 34.8 Å². The number of carbonyl (C=O) groups is 3. The van der Waals surface area contributed by atoms with Crippen LogP contribution >= 0.6 is 0 Å². The average molecular weight is 548 g/mol. The highest BCUT2D eigenvalue weighted by Gasteiger charge is 2.41. The molecule has 2 N–H and O–H groups in total. The van der Waals surface area contributed by atoms with E-state index in [9.17, 15) is 14.4 Å². The summed E-state index contributed by atoms with van der Waals surface area (Å²) in [4.78, 5) is 48.1. The maximum Gasteiger partial charge on any atom is 0.275 e. The predicted octanol–water partition coefficient (Wildman–Crippen LogP) is 4.43. The number of fused-ring (bicyclic) bond motifs is 1. The van der Waals surface area contributed by atoms with Crippen molar-refractivity contribution in [3.05, 3.63) is 95.8 Å². The van der Waals surface area contributed by atoms with Crippen molar-refractivity contribution in [1.82, 2.24) is 10.3 Å². The first-order valence-electron chi connectivity index (χ1n) is 12.4. The standard InChI is InChI=1S/C29H27F2N5O4/c1-19(35-40-2)27(38)34-22-11-9-21(10-12-22)28(39)36-15-13-29(30,31)24(23-7-3-4-8-25(23)36)16-26(37)33-18-20-6-5-14-32-17-20/h3-12,14,16-17H,13,15,18H2,1-2H3,(H,33,37)(H,34,38)/b24-16-,35-19?. The average Bonchev–Trinajstić information content (AvgIpc) is 3.06. The zero-order valence-corrected chi connectivity index (χ0v) is 21.9. The molecule has 0 saturated heterocycles. The maximum atomic E-state index is 15.4. The highest BCUT2D eigenvalue weighted by atomic mass is 19.3. The number of amides is 3. The van der Waals surface area contributed by atoms with Crippen LogP contribution in [0.5, 0.6) is 0 Å². The van der Waals surface area contributed by atoms with Gasteiger partial charge in [0.2, 0.25) is 5.91 Å². The topological polar surface area (TPSA) is 113 Å². The number of hydrogen-bond acceptors (Lipinski definition) is 6. The number of para-hydroxylation sites is 1. The largest absolute Gasteiger partial charge is 0.399 e. The molecule has 1 aromatic heterocycles. The Morgan fingerprint density at radius 2 is 1.85 bits per heavy atom. The zero-order valence-electron chi connectivity index (χ0n) is 21.9. The molecule has 2 aromatic carbocycles. The van der Waals surface area contributed by atoms with E-state index in [1.807, 2.05) is 0 Å². The number of rotatable bonds is 7. The molecule has 0 bridgehead atoms. The fraction of sp³-hybridized carbons (Fsp3) is 0.207. The molecule has 3 aromatic rings. The third-order valence-electron chi connectivity index (χ3n) is 6.19. The normalized spacial score (nSPS) is 15.6. The highest BCUT2D eigenvalue weighted by molar-refractivity contribution is 6.42. The minimum absolute atomic E-state index is 0.0895. The number of aromatic nitrogens is 1. The molecule has 1 aliphatic rings. The number of halogens is 2. The Morgan fingerprint density at radius 3 is 2.55 bits per heavy atom. The van der Waals surface area contributed by atoms with E-state index in [0.29, 0.717) is 5.69 Å². The molecular formula is C29H27F2N5O4. The van der Waals surface area contributed by atoms with Crippen LogP contribution in [0.25, 0.3) is 5.57 Å². The number of allylic oxidation sites excluding steroid dienone is 1. The van der Waals surface area contributed by atoms with E-state index in [4.69, 9.17) is 0 Å². The fourth-order valence-electron chi connectivity index (χ4n) is 4.16. The van der Waals surface area contributed by atoms with E-state index in [-0.39, 0.29) is 35.6 Å². The van der Waals surface area contributed by atoms with Gasteiger partial charge in [0.15, 0.2) is 0 Å². The van der Waals surface area contributed by atoms with Crippen molar-refractivity contribution >= 4 is 40.4 Å². The van der Waals surface area contributed by atoms with Crippen molar-refractivity contribution in [3.63, 3.8) is 0 Å². The van der Waals surface area contributed by atoms with Gasteiger partial charge in [-0.05, 0) is 48.9 Å². The zero-order chi connectivity index (χ0) is 28.7. The van der Waals surface area contributed by atoms with Crippen LogP contribution in [0, 0.1) is 0 Å². The number of benzene rings is 2. The highest BCUT2D eigenvalue weighted by Crippen LogP contribution is 2.43. The number of anilines is 2. The van der Waals surface area contributed by atoms with E-state index in [2.05, 4.69) is 25.6 Å². The number of oxime groups is 1. The lowest BCUT2D eigenvalue weighted by Crippen LogP contribution is -2.33. The molecule has 0 atom stereocenters. The van der Waals surface area contributed by atoms with Crippen LogP contribution < -0.4 is 15.5 Å². The maximum absolute atomic E-state index is 15.4. The first-order valence-corrected chi connectivity index (χ1v) is 12.4. The summed E-state index contributed by atoms with van der Waals surface area (Å²) in [5, 5.41) is 8.81. The second-order valence-electron chi connectivity index (χ2n) is 8.96. The third-order valence-corrected chi connectivity index (χ3v) is 6.19. The summed E-state index contributed by atoms with van der Waals surface area (Å²) in [7, 11) is 1.32. The summed E-state index contributed by atoms with van der Waals surface area (Å²) in [6, 6.07) is 15.8. The number of nitrogens with one attached hydrogen (secondary N) is 2. The Labute approximate surface area is 229 Å². The Kier molecular flexibility index (Phi) is 8.63. The molecule has 2 heterocycles. The van der Waals surface area contributed by atoms with Gasteiger partial charge < -0.3 is 20.4 Å². The number of pyridine rings is 1. The van der Waals surface area contributed by atoms with Crippen LogP contribution in [0.15, 0.2) is 84.3 Å². The third kappa shape index (κ3) is 6.55. The number of carbonyl (C=O) groups excluding carboxylic acids is 3. The van der Waals surface area contributed by atoms with Gasteiger partial charge in [0.05, 0.1) is 5.69 Å².